The van der Waals surface area contributed by atoms with Crippen LogP contribution in [-0.2, 0) is 0 Å². The predicted molar refractivity (Wildman–Crippen MR) is 460 cm³/mol. The molecule has 14 heteroatoms. The lowest BCUT2D eigenvalue weighted by atomic mass is 10.0. The number of carbonyl (C=O) groups excluding carboxylic acids is 1. The fourth-order valence-corrected chi connectivity index (χ4v) is 12.4. The second-order valence-electron chi connectivity index (χ2n) is 30.8. The third-order valence-electron chi connectivity index (χ3n) is 20.7. The summed E-state index contributed by atoms with van der Waals surface area (Å²) >= 11 is 0. The van der Waals surface area contributed by atoms with Crippen molar-refractivity contribution in [2.24, 2.45) is 23.7 Å². The lowest BCUT2D eigenvalue weighted by Crippen LogP contribution is -2.30. The monoisotopic (exact) mass is 1490 g/mol. The van der Waals surface area contributed by atoms with Gasteiger partial charge in [-0.25, -0.2) is 4.79 Å². The number of nitrogen functional groups attached to an aromatic ring is 1. The number of nitrogens with zero attached hydrogens (tertiary/aromatic N) is 3. The predicted octanol–water partition coefficient (Wildman–Crippen LogP) is 27.2. The van der Waals surface area contributed by atoms with E-state index < -0.39 is 6.03 Å². The van der Waals surface area contributed by atoms with Crippen LogP contribution in [0.3, 0.4) is 0 Å². The topological polar surface area (TPSA) is 170 Å². The van der Waals surface area contributed by atoms with Gasteiger partial charge in [0.1, 0.15) is 23.0 Å². The first-order chi connectivity index (χ1) is 52.7. The molecule has 5 rings (SSSR count). The lowest BCUT2D eigenvalue weighted by Gasteiger charge is -2.19. The highest BCUT2D eigenvalue weighted by atomic mass is 16.5. The van der Waals surface area contributed by atoms with Gasteiger partial charge in [0, 0.05) is 34.4 Å². The van der Waals surface area contributed by atoms with Crippen LogP contribution in [-0.4, -0.2) is 73.8 Å². The first-order valence-corrected chi connectivity index (χ1v) is 43.4. The minimum Gasteiger partial charge on any atom is -0.493 e. The normalized spacial score (nSPS) is 12.8. The number of carbonyl (C=O) groups is 1. The number of unbranched alkanes of at least 4 members (excludes halogenated alkanes) is 28. The van der Waals surface area contributed by atoms with Crippen LogP contribution < -0.4 is 49.5 Å². The molecule has 0 bridgehead atoms. The average molecular weight is 1490 g/mol. The number of rotatable bonds is 63. The van der Waals surface area contributed by atoms with Gasteiger partial charge in [0.15, 0.2) is 17.3 Å². The molecule has 0 spiro atoms. The van der Waals surface area contributed by atoms with Crippen molar-refractivity contribution in [1.82, 2.24) is 20.3 Å². The second-order valence-corrected chi connectivity index (χ2v) is 30.8. The van der Waals surface area contributed by atoms with Crippen LogP contribution in [0.2, 0.25) is 0 Å². The Morgan fingerprint density at radius 1 is 0.361 bits per heavy atom. The van der Waals surface area contributed by atoms with E-state index in [9.17, 15) is 4.79 Å². The molecule has 1 aromatic heterocycles. The molecule has 4 unspecified atom stereocenters. The van der Waals surface area contributed by atoms with Gasteiger partial charge in [-0.3, -0.25) is 5.32 Å². The number of anilines is 2. The van der Waals surface area contributed by atoms with Crippen molar-refractivity contribution in [2.45, 2.75) is 314 Å². The number of benzene rings is 4. The summed E-state index contributed by atoms with van der Waals surface area (Å²) < 4.78 is 48.1. The molecule has 4 atom stereocenters. The molecule has 0 saturated carbocycles. The van der Waals surface area contributed by atoms with Gasteiger partial charge in [0.2, 0.25) is 17.6 Å². The SMILES string of the molecule is CCCCCCCCCCCCOc1cc(/C=C/c2cc(OCC(C)CC)c(/C=C/c3cc(OCC(C)CC)c(/C=C/c4ccc(-c5nc(N)nc(NC(=O)NCCCC)n5)cc4)cc3OCC(C)CC)cc2OCC(C)CC)cc(OCCCCCCCCCCCC)c1OCCCCCCCCCCCC. The Balaban J connectivity index is 1.57. The smallest absolute Gasteiger partial charge is 0.321 e. The highest BCUT2D eigenvalue weighted by molar-refractivity contribution is 5.88. The molecule has 0 radical (unpaired) electrons. The van der Waals surface area contributed by atoms with Crippen molar-refractivity contribution in [3.05, 3.63) is 94.0 Å². The summed E-state index contributed by atoms with van der Waals surface area (Å²) in [4.78, 5) is 25.6. The maximum Gasteiger partial charge on any atom is 0.321 e. The number of hydrogen-bond donors (Lipinski definition) is 3. The molecule has 1 heterocycles. The standard InChI is InChI=1S/C94H148N6O8/c1-13-21-25-28-31-34-37-40-43-46-60-102-88-63-78(64-89(103-61-47-44-41-38-35-32-29-26-22-14-2)90(88)104-62-48-45-42-39-36-33-30-27-23-15-3)52-56-81-66-87(108-72-76(12)20-8)83(68-85(81)106-70-74(10)18-6)58-57-82-67-84(105-69-73(9)17-5)80(65-86(82)107-71-75(11)19-7)55-51-77-49-53-79(54-50-77)91-97-92(95)99-93(98-91)100-94(101)96-59-24-16-4/h49-58,63-68,73-76H,13-48,59-62,69-72H2,1-12H3,(H4,95,96,97,98,99,100,101)/b55-51+,56-52+,58-57+. The molecule has 0 aliphatic rings. The number of ether oxygens (including phenoxy) is 7. The van der Waals surface area contributed by atoms with Crippen LogP contribution in [0.25, 0.3) is 47.8 Å². The van der Waals surface area contributed by atoms with Crippen LogP contribution in [0.5, 0.6) is 40.2 Å². The summed E-state index contributed by atoms with van der Waals surface area (Å²) in [6, 6.07) is 20.3. The van der Waals surface area contributed by atoms with E-state index in [1.54, 1.807) is 0 Å². The lowest BCUT2D eigenvalue weighted by molar-refractivity contribution is 0.234. The van der Waals surface area contributed by atoms with Crippen molar-refractivity contribution in [3.8, 4) is 51.6 Å². The summed E-state index contributed by atoms with van der Waals surface area (Å²) in [5, 5.41) is 5.52. The van der Waals surface area contributed by atoms with E-state index in [-0.39, 0.29) is 11.9 Å². The summed E-state index contributed by atoms with van der Waals surface area (Å²) in [5.41, 5.74) is 12.3. The van der Waals surface area contributed by atoms with Crippen LogP contribution >= 0.6 is 0 Å². The number of hydrogen-bond acceptors (Lipinski definition) is 12. The number of nitrogens with one attached hydrogen (secondary N) is 2. The zero-order valence-corrected chi connectivity index (χ0v) is 69.8. The zero-order valence-electron chi connectivity index (χ0n) is 69.8. The third kappa shape index (κ3) is 37.9. The first kappa shape index (κ1) is 91.4. The van der Waals surface area contributed by atoms with E-state index >= 15 is 0 Å². The highest BCUT2D eigenvalue weighted by Gasteiger charge is 2.20. The number of amides is 2. The van der Waals surface area contributed by atoms with Gasteiger partial charge in [0.25, 0.3) is 0 Å². The number of aromatic nitrogens is 3. The van der Waals surface area contributed by atoms with Gasteiger partial charge in [-0.1, -0.05) is 349 Å². The average Bonchev–Trinajstić information content (AvgIpc) is 0.819. The van der Waals surface area contributed by atoms with E-state index in [4.69, 9.17) is 38.9 Å². The van der Waals surface area contributed by atoms with Crippen molar-refractivity contribution in [2.75, 3.05) is 63.8 Å². The molecule has 0 aliphatic carbocycles. The van der Waals surface area contributed by atoms with Crippen molar-refractivity contribution >= 4 is 54.4 Å². The van der Waals surface area contributed by atoms with Gasteiger partial charge < -0.3 is 44.2 Å². The summed E-state index contributed by atoms with van der Waals surface area (Å²) in [6.07, 6.45) is 56.6. The maximum atomic E-state index is 12.6. The van der Waals surface area contributed by atoms with Crippen LogP contribution in [0, 0.1) is 23.7 Å². The Morgan fingerprint density at radius 3 is 1.04 bits per heavy atom. The molecule has 5 aromatic rings. The zero-order chi connectivity index (χ0) is 77.6. The molecule has 14 nitrogen and oxygen atoms in total. The van der Waals surface area contributed by atoms with Crippen molar-refractivity contribution < 1.29 is 38.0 Å². The van der Waals surface area contributed by atoms with Gasteiger partial charge in [0.05, 0.1) is 46.2 Å². The molecule has 108 heavy (non-hydrogen) atoms. The molecule has 0 aliphatic heterocycles. The molecular formula is C94H148N6O8. The van der Waals surface area contributed by atoms with E-state index in [2.05, 4.69) is 182 Å². The Morgan fingerprint density at radius 2 is 0.685 bits per heavy atom. The Bertz CT molecular complexity index is 3250. The number of urea groups is 1. The molecule has 2 amide bonds. The molecule has 4 aromatic carbocycles. The van der Waals surface area contributed by atoms with E-state index in [1.165, 1.54) is 154 Å². The van der Waals surface area contributed by atoms with E-state index in [0.717, 1.165) is 156 Å². The van der Waals surface area contributed by atoms with E-state index in [0.29, 0.717) is 82.3 Å². The molecule has 0 saturated heterocycles. The minimum absolute atomic E-state index is 0.0107. The Labute approximate surface area is 656 Å². The summed E-state index contributed by atoms with van der Waals surface area (Å²) in [5.74, 6) is 7.03. The van der Waals surface area contributed by atoms with Gasteiger partial charge in [-0.2, -0.15) is 15.0 Å². The molecule has 4 N–H and O–H groups in total. The second kappa shape index (κ2) is 56.9. The quantitative estimate of drug-likeness (QED) is 0.0249. The molecule has 0 fully saturated rings. The maximum absolute atomic E-state index is 12.6. The van der Waals surface area contributed by atoms with Crippen LogP contribution in [0.1, 0.15) is 348 Å². The van der Waals surface area contributed by atoms with Gasteiger partial charge in [-0.15, -0.1) is 0 Å². The fraction of sp³-hybridized carbons (Fsp3) is 0.638. The Hall–Kier alpha value is -7.22. The fourth-order valence-electron chi connectivity index (χ4n) is 12.4. The van der Waals surface area contributed by atoms with Crippen LogP contribution in [0.4, 0.5) is 16.7 Å². The molecule has 602 valence electrons. The van der Waals surface area contributed by atoms with Gasteiger partial charge in [-0.05, 0) is 96.9 Å². The Kier molecular flexibility index (Phi) is 48.2. The van der Waals surface area contributed by atoms with Gasteiger partial charge >= 0.3 is 6.03 Å². The van der Waals surface area contributed by atoms with Crippen molar-refractivity contribution in [3.63, 3.8) is 0 Å². The number of nitrogens with two attached hydrogens (primary N) is 1. The summed E-state index contributed by atoms with van der Waals surface area (Å²) in [6.45, 7) is 31.3. The van der Waals surface area contributed by atoms with E-state index in [1.807, 2.05) is 24.3 Å². The first-order valence-electron chi connectivity index (χ1n) is 43.4. The third-order valence-corrected chi connectivity index (χ3v) is 20.7. The highest BCUT2D eigenvalue weighted by Crippen LogP contribution is 2.42. The molecular weight excluding hydrogens is 1340 g/mol. The summed E-state index contributed by atoms with van der Waals surface area (Å²) in [7, 11) is 0. The van der Waals surface area contributed by atoms with Crippen LogP contribution in [0.15, 0.2) is 60.7 Å². The largest absolute Gasteiger partial charge is 0.493 e. The minimum atomic E-state index is -0.394. The van der Waals surface area contributed by atoms with Crippen molar-refractivity contribution in [1.29, 1.82) is 0 Å².